The molecule has 0 spiro atoms. The number of carbonyl (C=O) groups is 4. The largest absolute Gasteiger partial charge is 0.494 e. The Kier molecular flexibility index (Phi) is 13.8. The van der Waals surface area contributed by atoms with Crippen LogP contribution in [0.2, 0.25) is 0 Å². The van der Waals surface area contributed by atoms with E-state index < -0.39 is 23.9 Å². The average Bonchev–Trinajstić information content (AvgIpc) is 3.10. The fourth-order valence-corrected chi connectivity index (χ4v) is 5.03. The van der Waals surface area contributed by atoms with Crippen molar-refractivity contribution in [1.82, 2.24) is 5.32 Å². The Labute approximate surface area is 286 Å². The second-order valence-corrected chi connectivity index (χ2v) is 11.5. The van der Waals surface area contributed by atoms with Crippen molar-refractivity contribution in [2.45, 2.75) is 57.9 Å². The molecule has 4 aromatic carbocycles. The molecule has 0 aliphatic rings. The van der Waals surface area contributed by atoms with E-state index in [1.807, 2.05) is 30.3 Å². The van der Waals surface area contributed by atoms with Crippen LogP contribution in [0.4, 0.5) is 5.69 Å². The molecule has 0 aromatic heterocycles. The number of rotatable bonds is 18. The fourth-order valence-electron chi connectivity index (χ4n) is 5.03. The summed E-state index contributed by atoms with van der Waals surface area (Å²) in [5.41, 5.74) is 2.48. The van der Waals surface area contributed by atoms with E-state index in [0.717, 1.165) is 18.4 Å². The van der Waals surface area contributed by atoms with Crippen LogP contribution in [0.25, 0.3) is 0 Å². The van der Waals surface area contributed by atoms with Crippen LogP contribution < -0.4 is 24.8 Å². The number of esters is 1. The third kappa shape index (κ3) is 11.5. The highest BCUT2D eigenvalue weighted by atomic mass is 16.6. The maximum atomic E-state index is 12.9. The molecule has 0 radical (unpaired) electrons. The van der Waals surface area contributed by atoms with Crippen LogP contribution in [0.3, 0.4) is 0 Å². The minimum absolute atomic E-state index is 0.0562. The van der Waals surface area contributed by atoms with Gasteiger partial charge in [0.25, 0.3) is 5.91 Å². The summed E-state index contributed by atoms with van der Waals surface area (Å²) in [6, 6.07) is 25.6. The molecule has 0 aliphatic carbocycles. The van der Waals surface area contributed by atoms with Crippen molar-refractivity contribution in [3.8, 4) is 17.2 Å². The molecule has 10 nitrogen and oxygen atoms in total. The van der Waals surface area contributed by atoms with Crippen LogP contribution in [0.1, 0.15) is 70.9 Å². The first-order chi connectivity index (χ1) is 23.7. The number of unbranched alkanes of at least 4 members (excludes halogenated alkanes) is 4. The second kappa shape index (κ2) is 18.6. The van der Waals surface area contributed by atoms with E-state index in [2.05, 4.69) is 17.6 Å². The van der Waals surface area contributed by atoms with Crippen LogP contribution in [0.15, 0.2) is 97.1 Å². The van der Waals surface area contributed by atoms with Gasteiger partial charge in [-0.2, -0.15) is 0 Å². The van der Waals surface area contributed by atoms with Gasteiger partial charge in [-0.25, -0.2) is 9.59 Å². The molecule has 3 N–H and O–H groups in total. The molecular formula is C39H42N2O8. The molecule has 4 aromatic rings. The van der Waals surface area contributed by atoms with Crippen molar-refractivity contribution >= 4 is 29.4 Å². The molecule has 0 bridgehead atoms. The lowest BCUT2D eigenvalue weighted by Crippen LogP contribution is -2.42. The summed E-state index contributed by atoms with van der Waals surface area (Å²) in [7, 11) is 1.41. The SMILES string of the molecule is CCCCCCCOc1ccc(C(=O)Oc2ccc(CC(NC(=O)c3ccc(NC(=O)Cc4ccccc4)cc3)C(=O)O)cc2OC)cc1. The molecule has 1 unspecified atom stereocenters. The number of ether oxygens (including phenoxy) is 3. The van der Waals surface area contributed by atoms with Crippen LogP contribution in [0.5, 0.6) is 17.2 Å². The molecule has 2 amide bonds. The number of hydrogen-bond donors (Lipinski definition) is 3. The molecule has 0 fully saturated rings. The van der Waals surface area contributed by atoms with Gasteiger partial charge >= 0.3 is 11.9 Å². The Bertz CT molecular complexity index is 1690. The van der Waals surface area contributed by atoms with Gasteiger partial charge in [-0.1, -0.05) is 69.0 Å². The highest BCUT2D eigenvalue weighted by Crippen LogP contribution is 2.30. The molecule has 10 heteroatoms. The number of amides is 2. The first kappa shape index (κ1) is 36.2. The van der Waals surface area contributed by atoms with Crippen LogP contribution in [-0.2, 0) is 22.4 Å². The zero-order chi connectivity index (χ0) is 35.0. The van der Waals surface area contributed by atoms with Crippen molar-refractivity contribution in [2.75, 3.05) is 19.0 Å². The summed E-state index contributed by atoms with van der Waals surface area (Å²) in [5, 5.41) is 15.2. The van der Waals surface area contributed by atoms with Gasteiger partial charge in [0.15, 0.2) is 11.5 Å². The van der Waals surface area contributed by atoms with Crippen molar-refractivity contribution in [1.29, 1.82) is 0 Å². The molecule has 4 rings (SSSR count). The summed E-state index contributed by atoms with van der Waals surface area (Å²) in [4.78, 5) is 50.2. The zero-order valence-electron chi connectivity index (χ0n) is 27.8. The standard InChI is InChI=1S/C39H42N2O8/c1-3-4-5-6-10-23-48-32-20-16-30(17-21-32)39(46)49-34-22-13-28(25-35(34)47-2)24-33(38(44)45)41-37(43)29-14-18-31(19-15-29)40-36(42)26-27-11-8-7-9-12-27/h7-9,11-22,25,33H,3-6,10,23-24,26H2,1-2H3,(H,40,42)(H,41,43)(H,44,45). The lowest BCUT2D eigenvalue weighted by molar-refractivity contribution is -0.139. The minimum atomic E-state index is -1.26. The number of carboxylic acids is 1. The number of anilines is 1. The summed E-state index contributed by atoms with van der Waals surface area (Å²) >= 11 is 0. The molecule has 0 saturated heterocycles. The quantitative estimate of drug-likeness (QED) is 0.0594. The number of carboxylic acid groups (broad SMARTS) is 1. The molecule has 256 valence electrons. The number of methoxy groups -OCH3 is 1. The van der Waals surface area contributed by atoms with E-state index in [1.54, 1.807) is 48.5 Å². The Morgan fingerprint density at radius 3 is 2.12 bits per heavy atom. The zero-order valence-corrected chi connectivity index (χ0v) is 27.8. The van der Waals surface area contributed by atoms with Crippen molar-refractivity contribution in [3.63, 3.8) is 0 Å². The smallest absolute Gasteiger partial charge is 0.343 e. The monoisotopic (exact) mass is 666 g/mol. The van der Waals surface area contributed by atoms with E-state index in [9.17, 15) is 24.3 Å². The van der Waals surface area contributed by atoms with E-state index in [1.165, 1.54) is 44.6 Å². The Balaban J connectivity index is 1.30. The lowest BCUT2D eigenvalue weighted by Gasteiger charge is -2.16. The number of benzene rings is 4. The van der Waals surface area contributed by atoms with Gasteiger partial charge in [0.05, 0.1) is 25.7 Å². The number of carbonyl (C=O) groups excluding carboxylic acids is 3. The first-order valence-corrected chi connectivity index (χ1v) is 16.3. The summed E-state index contributed by atoms with van der Waals surface area (Å²) in [6.07, 6.45) is 5.87. The minimum Gasteiger partial charge on any atom is -0.494 e. The van der Waals surface area contributed by atoms with Gasteiger partial charge in [-0.3, -0.25) is 9.59 Å². The number of aliphatic carboxylic acids is 1. The molecule has 0 aliphatic heterocycles. The van der Waals surface area contributed by atoms with Crippen molar-refractivity contribution in [2.24, 2.45) is 0 Å². The van der Waals surface area contributed by atoms with Crippen molar-refractivity contribution < 1.29 is 38.5 Å². The van der Waals surface area contributed by atoms with Gasteiger partial charge in [0.2, 0.25) is 5.91 Å². The normalized spacial score (nSPS) is 11.2. The predicted octanol–water partition coefficient (Wildman–Crippen LogP) is 6.87. The molecule has 1 atom stereocenters. The van der Waals surface area contributed by atoms with E-state index in [4.69, 9.17) is 14.2 Å². The summed E-state index contributed by atoms with van der Waals surface area (Å²) in [5.74, 6) is -1.53. The molecular weight excluding hydrogens is 624 g/mol. The first-order valence-electron chi connectivity index (χ1n) is 16.3. The highest BCUT2D eigenvalue weighted by molar-refractivity contribution is 5.98. The molecule has 49 heavy (non-hydrogen) atoms. The molecule has 0 heterocycles. The van der Waals surface area contributed by atoms with Gasteiger partial charge in [-0.15, -0.1) is 0 Å². The van der Waals surface area contributed by atoms with Gasteiger partial charge in [0, 0.05) is 17.7 Å². The van der Waals surface area contributed by atoms with Crippen molar-refractivity contribution in [3.05, 3.63) is 119 Å². The van der Waals surface area contributed by atoms with Crippen LogP contribution >= 0.6 is 0 Å². The Morgan fingerprint density at radius 2 is 1.45 bits per heavy atom. The third-order valence-corrected chi connectivity index (χ3v) is 7.72. The van der Waals surface area contributed by atoms with Crippen LogP contribution in [0, 0.1) is 0 Å². The Morgan fingerprint density at radius 1 is 0.755 bits per heavy atom. The fraction of sp³-hybridized carbons (Fsp3) is 0.282. The lowest BCUT2D eigenvalue weighted by atomic mass is 10.0. The highest BCUT2D eigenvalue weighted by Gasteiger charge is 2.23. The third-order valence-electron chi connectivity index (χ3n) is 7.72. The second-order valence-electron chi connectivity index (χ2n) is 11.5. The topological polar surface area (TPSA) is 140 Å². The van der Waals surface area contributed by atoms with E-state index in [0.29, 0.717) is 29.2 Å². The maximum absolute atomic E-state index is 12.9. The number of hydrogen-bond acceptors (Lipinski definition) is 7. The van der Waals surface area contributed by atoms with E-state index >= 15 is 0 Å². The van der Waals surface area contributed by atoms with Crippen LogP contribution in [-0.4, -0.2) is 48.6 Å². The molecule has 0 saturated carbocycles. The average molecular weight is 667 g/mol. The summed E-state index contributed by atoms with van der Waals surface area (Å²) in [6.45, 7) is 2.80. The predicted molar refractivity (Wildman–Crippen MR) is 186 cm³/mol. The Hall–Kier alpha value is -5.64. The number of nitrogens with one attached hydrogen (secondary N) is 2. The van der Waals surface area contributed by atoms with Gasteiger partial charge < -0.3 is 30.0 Å². The summed E-state index contributed by atoms with van der Waals surface area (Å²) < 4.78 is 16.8. The van der Waals surface area contributed by atoms with E-state index in [-0.39, 0.29) is 35.8 Å². The van der Waals surface area contributed by atoms with Gasteiger partial charge in [-0.05, 0) is 78.2 Å². The van der Waals surface area contributed by atoms with Gasteiger partial charge in [0.1, 0.15) is 11.8 Å². The maximum Gasteiger partial charge on any atom is 0.343 e.